The fourth-order valence-corrected chi connectivity index (χ4v) is 1.45. The van der Waals surface area contributed by atoms with Gasteiger partial charge in [-0.25, -0.2) is 0 Å². The number of hydrogen-bond donors (Lipinski definition) is 0. The zero-order valence-electron chi connectivity index (χ0n) is 14.1. The summed E-state index contributed by atoms with van der Waals surface area (Å²) < 4.78 is 0. The van der Waals surface area contributed by atoms with Crippen LogP contribution in [-0.2, 0) is 0 Å². The second kappa shape index (κ2) is 14.3. The van der Waals surface area contributed by atoms with Crippen LogP contribution in [0.5, 0.6) is 0 Å². The molecule has 0 saturated carbocycles. The van der Waals surface area contributed by atoms with Crippen molar-refractivity contribution in [2.45, 2.75) is 0 Å². The van der Waals surface area contributed by atoms with Gasteiger partial charge in [-0.15, -0.1) is 0 Å². The van der Waals surface area contributed by atoms with Crippen LogP contribution in [0.1, 0.15) is 31.5 Å². The van der Waals surface area contributed by atoms with Crippen molar-refractivity contribution in [3.05, 3.63) is 90.3 Å². The van der Waals surface area contributed by atoms with E-state index in [0.29, 0.717) is 0 Å². The Morgan fingerprint density at radius 3 is 0.893 bits per heavy atom. The van der Waals surface area contributed by atoms with Gasteiger partial charge in [0, 0.05) is 18.6 Å². The fourth-order valence-electron chi connectivity index (χ4n) is 1.45. The minimum Gasteiger partial charge on any atom is -0.543 e. The summed E-state index contributed by atoms with van der Waals surface area (Å²) in [5, 5.41) is 30.1. The Labute approximate surface area is 191 Å². The van der Waals surface area contributed by atoms with Crippen LogP contribution in [0.4, 0.5) is 0 Å². The molecule has 0 aliphatic heterocycles. The van der Waals surface area contributed by atoms with Crippen molar-refractivity contribution >= 4 is 17.9 Å². The van der Waals surface area contributed by atoms with Crippen LogP contribution in [0.25, 0.3) is 0 Å². The average molecular weight is 524 g/mol. The number of hydrogen-bond acceptors (Lipinski definition) is 9. The molecule has 3 rings (SSSR count). The molecule has 0 atom stereocenters. The third kappa shape index (κ3) is 10.4. The molecule has 0 N–H and O–H groups in total. The van der Waals surface area contributed by atoms with E-state index >= 15 is 0 Å². The van der Waals surface area contributed by atoms with Gasteiger partial charge in [-0.1, -0.05) is 18.2 Å². The number of carboxylic acid groups (broad SMARTS) is 3. The van der Waals surface area contributed by atoms with Gasteiger partial charge >= 0.3 is 39.9 Å². The first-order valence-corrected chi connectivity index (χ1v) is 7.29. The molecular formula is C18H12GdN3O6. The van der Waals surface area contributed by atoms with E-state index in [1.807, 2.05) is 0 Å². The second-order valence-corrected chi connectivity index (χ2v) is 4.51. The first kappa shape index (κ1) is 25.2. The summed E-state index contributed by atoms with van der Waals surface area (Å²) in [7, 11) is 0. The molecule has 0 bridgehead atoms. The van der Waals surface area contributed by atoms with Crippen LogP contribution in [0.3, 0.4) is 0 Å². The fraction of sp³-hybridized carbons (Fsp3) is 0. The van der Waals surface area contributed by atoms with Crippen molar-refractivity contribution in [1.82, 2.24) is 15.0 Å². The standard InChI is InChI=1S/3C6H5NO2.Gd/c3*8-6(9)5-3-1-2-4-7-5;/h3*1-4H,(H,8,9);/q;;;+3/p-3. The zero-order chi connectivity index (χ0) is 20.1. The molecule has 0 fully saturated rings. The van der Waals surface area contributed by atoms with Crippen molar-refractivity contribution in [2.75, 3.05) is 0 Å². The molecular weight excluding hydrogens is 511 g/mol. The van der Waals surface area contributed by atoms with Gasteiger partial charge in [-0.3, -0.25) is 15.0 Å². The molecule has 0 saturated heterocycles. The smallest absolute Gasteiger partial charge is 0.543 e. The van der Waals surface area contributed by atoms with Gasteiger partial charge in [0.2, 0.25) is 0 Å². The van der Waals surface area contributed by atoms with Crippen molar-refractivity contribution in [2.24, 2.45) is 0 Å². The van der Waals surface area contributed by atoms with Gasteiger partial charge in [0.15, 0.2) is 0 Å². The van der Waals surface area contributed by atoms with Gasteiger partial charge < -0.3 is 29.7 Å². The van der Waals surface area contributed by atoms with E-state index in [-0.39, 0.29) is 57.0 Å². The van der Waals surface area contributed by atoms with E-state index in [2.05, 4.69) is 15.0 Å². The quantitative estimate of drug-likeness (QED) is 0.391. The molecule has 0 amide bonds. The Hall–Kier alpha value is -2.82. The Kier molecular flexibility index (Phi) is 12.8. The predicted octanol–water partition coefficient (Wildman–Crippen LogP) is -1.66. The SMILES string of the molecule is O=C([O-])c1ccccn1.O=C([O-])c1ccccn1.O=C([O-])c1ccccn1.[Gd+3]. The summed E-state index contributed by atoms with van der Waals surface area (Å²) >= 11 is 0. The Bertz CT molecular complexity index is 747. The van der Waals surface area contributed by atoms with Crippen LogP contribution in [0.15, 0.2) is 73.2 Å². The first-order chi connectivity index (χ1) is 12.9. The first-order valence-electron chi connectivity index (χ1n) is 7.29. The van der Waals surface area contributed by atoms with E-state index < -0.39 is 17.9 Å². The Morgan fingerprint density at radius 1 is 0.536 bits per heavy atom. The topological polar surface area (TPSA) is 159 Å². The third-order valence-electron chi connectivity index (χ3n) is 2.62. The average Bonchev–Trinajstić information content (AvgIpc) is 2.71. The molecule has 1 radical (unpaired) electrons. The second-order valence-electron chi connectivity index (χ2n) is 4.51. The Balaban J connectivity index is 0.000000384. The maximum atomic E-state index is 10.0. The molecule has 3 aromatic heterocycles. The summed E-state index contributed by atoms with van der Waals surface area (Å²) in [6, 6.07) is 13.9. The number of carbonyl (C=O) groups is 3. The van der Waals surface area contributed by atoms with Crippen LogP contribution in [-0.4, -0.2) is 32.9 Å². The minimum absolute atomic E-state index is 0. The summed E-state index contributed by atoms with van der Waals surface area (Å²) in [5.41, 5.74) is -0.0903. The predicted molar refractivity (Wildman–Crippen MR) is 85.7 cm³/mol. The number of nitrogens with zero attached hydrogens (tertiary/aromatic N) is 3. The molecule has 0 aliphatic rings. The van der Waals surface area contributed by atoms with E-state index in [1.54, 1.807) is 36.4 Å². The Morgan fingerprint density at radius 2 is 0.786 bits per heavy atom. The summed E-state index contributed by atoms with van der Waals surface area (Å²) in [6.07, 6.45) is 4.22. The maximum absolute atomic E-state index is 10.0. The van der Waals surface area contributed by atoms with E-state index in [4.69, 9.17) is 0 Å². The molecule has 3 aromatic rings. The largest absolute Gasteiger partial charge is 3.00 e. The normalized spacial score (nSPS) is 8.57. The van der Waals surface area contributed by atoms with Gasteiger partial charge in [0.05, 0.1) is 35.0 Å². The molecule has 10 heteroatoms. The number of carboxylic acids is 3. The van der Waals surface area contributed by atoms with Crippen molar-refractivity contribution in [3.8, 4) is 0 Å². The number of rotatable bonds is 3. The molecule has 143 valence electrons. The molecule has 0 spiro atoms. The summed E-state index contributed by atoms with van der Waals surface area (Å²) in [6.45, 7) is 0. The monoisotopic (exact) mass is 524 g/mol. The molecule has 9 nitrogen and oxygen atoms in total. The van der Waals surface area contributed by atoms with Gasteiger partial charge in [-0.05, 0) is 36.4 Å². The van der Waals surface area contributed by atoms with E-state index in [1.165, 1.54) is 36.8 Å². The summed E-state index contributed by atoms with van der Waals surface area (Å²) in [5.74, 6) is -3.72. The van der Waals surface area contributed by atoms with Crippen molar-refractivity contribution in [1.29, 1.82) is 0 Å². The van der Waals surface area contributed by atoms with E-state index in [9.17, 15) is 29.7 Å². The van der Waals surface area contributed by atoms with Crippen molar-refractivity contribution in [3.63, 3.8) is 0 Å². The maximum Gasteiger partial charge on any atom is 3.00 e. The molecule has 0 unspecified atom stereocenters. The van der Waals surface area contributed by atoms with Crippen molar-refractivity contribution < 1.29 is 69.6 Å². The summed E-state index contributed by atoms with van der Waals surface area (Å²) in [4.78, 5) is 40.6. The zero-order valence-corrected chi connectivity index (χ0v) is 16.3. The van der Waals surface area contributed by atoms with Crippen LogP contribution < -0.4 is 15.3 Å². The van der Waals surface area contributed by atoms with Crippen LogP contribution in [0, 0.1) is 39.9 Å². The third-order valence-corrected chi connectivity index (χ3v) is 2.62. The molecule has 0 aliphatic carbocycles. The van der Waals surface area contributed by atoms with Gasteiger partial charge in [0.1, 0.15) is 0 Å². The van der Waals surface area contributed by atoms with E-state index in [0.717, 1.165) is 0 Å². The van der Waals surface area contributed by atoms with Crippen LogP contribution >= 0.6 is 0 Å². The molecule has 28 heavy (non-hydrogen) atoms. The molecule has 3 heterocycles. The number of carbonyl (C=O) groups excluding carboxylic acids is 3. The minimum atomic E-state index is -1.24. The number of aromatic nitrogens is 3. The van der Waals surface area contributed by atoms with Gasteiger partial charge in [-0.2, -0.15) is 0 Å². The number of pyridine rings is 3. The van der Waals surface area contributed by atoms with Gasteiger partial charge in [0.25, 0.3) is 0 Å². The van der Waals surface area contributed by atoms with Crippen LogP contribution in [0.2, 0.25) is 0 Å². The number of aromatic carboxylic acids is 3. The molecule has 0 aromatic carbocycles.